The van der Waals surface area contributed by atoms with Gasteiger partial charge in [-0.2, -0.15) is 0 Å². The number of hydrogen-bond donors (Lipinski definition) is 2. The second-order valence-corrected chi connectivity index (χ2v) is 4.55. The lowest BCUT2D eigenvalue weighted by atomic mass is 10.1. The highest BCUT2D eigenvalue weighted by Gasteiger charge is 2.21. The summed E-state index contributed by atoms with van der Waals surface area (Å²) in [5, 5.41) is 22.8. The molecule has 0 bridgehead atoms. The van der Waals surface area contributed by atoms with Gasteiger partial charge in [0.1, 0.15) is 5.69 Å². The zero-order valence-corrected chi connectivity index (χ0v) is 10.4. The van der Waals surface area contributed by atoms with Crippen LogP contribution >= 0.6 is 11.3 Å². The molecule has 0 spiro atoms. The first-order valence-corrected chi connectivity index (χ1v) is 6.09. The monoisotopic (exact) mass is 279 g/mol. The summed E-state index contributed by atoms with van der Waals surface area (Å²) < 4.78 is 0. The Hall–Kier alpha value is -2.48. The van der Waals surface area contributed by atoms with Crippen molar-refractivity contribution in [1.29, 1.82) is 0 Å². The first-order chi connectivity index (χ1) is 9.09. The van der Waals surface area contributed by atoms with Gasteiger partial charge in [-0.05, 0) is 6.07 Å². The van der Waals surface area contributed by atoms with Gasteiger partial charge in [-0.1, -0.05) is 6.07 Å². The molecule has 0 aliphatic carbocycles. The number of carboxylic acids is 1. The molecule has 0 aliphatic heterocycles. The number of aromatic carboxylic acids is 1. The Morgan fingerprint density at radius 2 is 2.32 bits per heavy atom. The lowest BCUT2D eigenvalue weighted by Gasteiger charge is -2.08. The van der Waals surface area contributed by atoms with E-state index in [0.29, 0.717) is 0 Å². The molecular formula is C11H9N3O4S. The number of nitro groups is 1. The average molecular weight is 279 g/mol. The second-order valence-electron chi connectivity index (χ2n) is 3.58. The summed E-state index contributed by atoms with van der Waals surface area (Å²) >= 11 is 1.38. The molecule has 0 atom stereocenters. The molecule has 98 valence electrons. The zero-order chi connectivity index (χ0) is 13.8. The van der Waals surface area contributed by atoms with Crippen molar-refractivity contribution in [2.75, 3.05) is 5.32 Å². The van der Waals surface area contributed by atoms with Crippen LogP contribution in [0.15, 0.2) is 29.9 Å². The number of thiazole rings is 1. The van der Waals surface area contributed by atoms with E-state index in [4.69, 9.17) is 5.11 Å². The average Bonchev–Trinajstić information content (AvgIpc) is 2.88. The van der Waals surface area contributed by atoms with Crippen LogP contribution in [-0.2, 0) is 6.54 Å². The molecule has 1 aromatic heterocycles. The van der Waals surface area contributed by atoms with Crippen LogP contribution in [0.3, 0.4) is 0 Å². The number of nitrogens with zero attached hydrogens (tertiary/aromatic N) is 2. The summed E-state index contributed by atoms with van der Waals surface area (Å²) in [6.07, 6.45) is 1.62. The van der Waals surface area contributed by atoms with Crippen LogP contribution in [-0.4, -0.2) is 21.0 Å². The van der Waals surface area contributed by atoms with Crippen molar-refractivity contribution >= 4 is 28.7 Å². The summed E-state index contributed by atoms with van der Waals surface area (Å²) in [5.41, 5.74) is 1.26. The van der Waals surface area contributed by atoms with E-state index in [1.807, 2.05) is 0 Å². The molecule has 19 heavy (non-hydrogen) atoms. The fraction of sp³-hybridized carbons (Fsp3) is 0.0909. The quantitative estimate of drug-likeness (QED) is 0.643. The minimum absolute atomic E-state index is 0.00778. The van der Waals surface area contributed by atoms with E-state index in [2.05, 4.69) is 10.3 Å². The third kappa shape index (κ3) is 2.86. The number of nitrogens with one attached hydrogen (secondary N) is 1. The molecule has 0 amide bonds. The maximum Gasteiger partial charge on any atom is 0.338 e. The van der Waals surface area contributed by atoms with Crippen LogP contribution in [0.4, 0.5) is 11.4 Å². The van der Waals surface area contributed by atoms with Crippen molar-refractivity contribution in [2.45, 2.75) is 6.54 Å². The molecule has 0 saturated carbocycles. The van der Waals surface area contributed by atoms with Gasteiger partial charge in [-0.3, -0.25) is 15.1 Å². The molecule has 2 N–H and O–H groups in total. The lowest BCUT2D eigenvalue weighted by molar-refractivity contribution is -0.384. The van der Waals surface area contributed by atoms with E-state index >= 15 is 0 Å². The number of hydrogen-bond acceptors (Lipinski definition) is 6. The standard InChI is InChI=1S/C11H9N3O4S/c15-11(16)8-2-1-3-9(14(17)18)10(8)13-5-7-4-12-6-19-7/h1-4,6,13H,5H2,(H,15,16). The Kier molecular flexibility index (Phi) is 3.71. The van der Waals surface area contributed by atoms with Gasteiger partial charge in [0.05, 0.1) is 22.5 Å². The van der Waals surface area contributed by atoms with Crippen molar-refractivity contribution in [2.24, 2.45) is 0 Å². The number of rotatable bonds is 5. The predicted molar refractivity (Wildman–Crippen MR) is 69.5 cm³/mol. The summed E-state index contributed by atoms with van der Waals surface area (Å²) in [6.45, 7) is 0.287. The van der Waals surface area contributed by atoms with E-state index in [1.54, 1.807) is 11.7 Å². The highest BCUT2D eigenvalue weighted by molar-refractivity contribution is 7.09. The van der Waals surface area contributed by atoms with Gasteiger partial charge in [-0.15, -0.1) is 11.3 Å². The van der Waals surface area contributed by atoms with Gasteiger partial charge in [0, 0.05) is 17.1 Å². The van der Waals surface area contributed by atoms with E-state index in [9.17, 15) is 14.9 Å². The van der Waals surface area contributed by atoms with Crippen LogP contribution in [0.1, 0.15) is 15.2 Å². The van der Waals surface area contributed by atoms with Crippen molar-refractivity contribution in [1.82, 2.24) is 4.98 Å². The number of aromatic nitrogens is 1. The van der Waals surface area contributed by atoms with Crippen molar-refractivity contribution in [3.05, 3.63) is 50.5 Å². The first-order valence-electron chi connectivity index (χ1n) is 5.21. The van der Waals surface area contributed by atoms with E-state index in [1.165, 1.54) is 29.5 Å². The van der Waals surface area contributed by atoms with Crippen LogP contribution in [0.5, 0.6) is 0 Å². The first kappa shape index (κ1) is 13.0. The van der Waals surface area contributed by atoms with Gasteiger partial charge in [0.25, 0.3) is 5.69 Å². The molecule has 2 rings (SSSR count). The second kappa shape index (κ2) is 5.44. The lowest BCUT2D eigenvalue weighted by Crippen LogP contribution is -2.08. The Labute approximate surface area is 111 Å². The minimum Gasteiger partial charge on any atom is -0.478 e. The maximum atomic E-state index is 11.1. The predicted octanol–water partition coefficient (Wildman–Crippen LogP) is 2.36. The third-order valence-electron chi connectivity index (χ3n) is 2.39. The minimum atomic E-state index is -1.21. The molecule has 2 aromatic rings. The van der Waals surface area contributed by atoms with Crippen molar-refractivity contribution in [3.8, 4) is 0 Å². The summed E-state index contributed by atoms with van der Waals surface area (Å²) in [5.74, 6) is -1.21. The Bertz CT molecular complexity index is 580. The zero-order valence-electron chi connectivity index (χ0n) is 9.57. The molecule has 1 heterocycles. The summed E-state index contributed by atoms with van der Waals surface area (Å²) in [6, 6.07) is 3.94. The third-order valence-corrected chi connectivity index (χ3v) is 3.17. The van der Waals surface area contributed by atoms with Gasteiger partial charge in [0.2, 0.25) is 0 Å². The van der Waals surface area contributed by atoms with Crippen LogP contribution < -0.4 is 5.32 Å². The Balaban J connectivity index is 2.35. The van der Waals surface area contributed by atoms with E-state index in [0.717, 1.165) is 4.88 Å². The van der Waals surface area contributed by atoms with E-state index in [-0.39, 0.29) is 23.5 Å². The summed E-state index contributed by atoms with van der Waals surface area (Å²) in [7, 11) is 0. The van der Waals surface area contributed by atoms with Gasteiger partial charge < -0.3 is 10.4 Å². The fourth-order valence-corrected chi connectivity index (χ4v) is 2.10. The molecule has 0 unspecified atom stereocenters. The number of nitro benzene ring substituents is 1. The SMILES string of the molecule is O=C(O)c1cccc([N+](=O)[O-])c1NCc1cncs1. The highest BCUT2D eigenvalue weighted by Crippen LogP contribution is 2.29. The topological polar surface area (TPSA) is 105 Å². The molecular weight excluding hydrogens is 270 g/mol. The number of para-hydroxylation sites is 1. The largest absolute Gasteiger partial charge is 0.478 e. The molecule has 8 heteroatoms. The van der Waals surface area contributed by atoms with Crippen molar-refractivity contribution < 1.29 is 14.8 Å². The molecule has 1 aromatic carbocycles. The molecule has 0 fully saturated rings. The van der Waals surface area contributed by atoms with Crippen molar-refractivity contribution in [3.63, 3.8) is 0 Å². The Morgan fingerprint density at radius 1 is 1.53 bits per heavy atom. The molecule has 0 radical (unpaired) electrons. The van der Waals surface area contributed by atoms with Crippen LogP contribution in [0.2, 0.25) is 0 Å². The number of carbonyl (C=O) groups is 1. The number of anilines is 1. The molecule has 0 aliphatic rings. The van der Waals surface area contributed by atoms with Gasteiger partial charge in [-0.25, -0.2) is 4.79 Å². The van der Waals surface area contributed by atoms with Crippen LogP contribution in [0, 0.1) is 10.1 Å². The number of carboxylic acid groups (broad SMARTS) is 1. The van der Waals surface area contributed by atoms with Gasteiger partial charge in [0.15, 0.2) is 0 Å². The molecule has 7 nitrogen and oxygen atoms in total. The molecule has 0 saturated heterocycles. The number of benzene rings is 1. The highest BCUT2D eigenvalue weighted by atomic mass is 32.1. The Morgan fingerprint density at radius 3 is 2.89 bits per heavy atom. The normalized spacial score (nSPS) is 10.1. The fourth-order valence-electron chi connectivity index (χ4n) is 1.56. The maximum absolute atomic E-state index is 11.1. The van der Waals surface area contributed by atoms with Gasteiger partial charge >= 0.3 is 5.97 Å². The summed E-state index contributed by atoms with van der Waals surface area (Å²) in [4.78, 5) is 26.1. The van der Waals surface area contributed by atoms with E-state index < -0.39 is 10.9 Å². The smallest absolute Gasteiger partial charge is 0.338 e. The van der Waals surface area contributed by atoms with Crippen LogP contribution in [0.25, 0.3) is 0 Å².